The SMILES string of the molecule is Cc1cc2c(F)c(Oc3ncnc4[nH]c(-c5ccc(CN6CCN(C)CC6)cc5)cc34)ccc2[nH]1. The maximum atomic E-state index is 15.1. The molecule has 0 spiro atoms. The highest BCUT2D eigenvalue weighted by Crippen LogP contribution is 2.34. The van der Waals surface area contributed by atoms with Gasteiger partial charge in [0.15, 0.2) is 11.6 Å². The third-order valence-corrected chi connectivity index (χ3v) is 6.70. The number of aromatic amines is 2. The second kappa shape index (κ2) is 8.79. The van der Waals surface area contributed by atoms with Gasteiger partial charge >= 0.3 is 0 Å². The molecular formula is C27H27FN6O. The second-order valence-corrected chi connectivity index (χ2v) is 9.29. The normalized spacial score (nSPS) is 15.3. The van der Waals surface area contributed by atoms with Gasteiger partial charge in [-0.3, -0.25) is 4.90 Å². The molecule has 178 valence electrons. The van der Waals surface area contributed by atoms with E-state index in [1.54, 1.807) is 12.1 Å². The number of hydrogen-bond acceptors (Lipinski definition) is 5. The molecule has 2 aromatic carbocycles. The molecule has 5 aromatic rings. The summed E-state index contributed by atoms with van der Waals surface area (Å²) in [5, 5.41) is 1.20. The van der Waals surface area contributed by atoms with Crippen LogP contribution in [0.1, 0.15) is 11.3 Å². The third kappa shape index (κ3) is 4.26. The highest BCUT2D eigenvalue weighted by molar-refractivity contribution is 5.87. The average Bonchev–Trinajstić information content (AvgIpc) is 3.47. The van der Waals surface area contributed by atoms with Gasteiger partial charge in [-0.1, -0.05) is 24.3 Å². The summed E-state index contributed by atoms with van der Waals surface area (Å²) in [6, 6.07) is 15.7. The number of H-pyrrole nitrogens is 2. The van der Waals surface area contributed by atoms with E-state index in [1.807, 2.05) is 19.1 Å². The van der Waals surface area contributed by atoms with Crippen molar-refractivity contribution in [3.63, 3.8) is 0 Å². The standard InChI is InChI=1S/C27H27FN6O/c1-17-13-20-22(31-17)7-8-24(25(20)28)35-27-21-14-23(32-26(21)29-16-30-27)19-5-3-18(4-6-19)15-34-11-9-33(2)10-12-34/h3-8,13-14,16,31H,9-12,15H2,1-2H3,(H,29,30,32). The lowest BCUT2D eigenvalue weighted by Crippen LogP contribution is -2.43. The van der Waals surface area contributed by atoms with Gasteiger partial charge in [-0.2, -0.15) is 0 Å². The Labute approximate surface area is 202 Å². The van der Waals surface area contributed by atoms with Crippen molar-refractivity contribution in [2.45, 2.75) is 13.5 Å². The predicted molar refractivity (Wildman–Crippen MR) is 135 cm³/mol. The number of rotatable bonds is 5. The van der Waals surface area contributed by atoms with Gasteiger partial charge in [-0.15, -0.1) is 0 Å². The number of piperazine rings is 1. The van der Waals surface area contributed by atoms with E-state index in [4.69, 9.17) is 4.74 Å². The quantitative estimate of drug-likeness (QED) is 0.374. The van der Waals surface area contributed by atoms with E-state index >= 15 is 4.39 Å². The predicted octanol–water partition coefficient (Wildman–Crippen LogP) is 5.09. The summed E-state index contributed by atoms with van der Waals surface area (Å²) >= 11 is 0. The molecular weight excluding hydrogens is 443 g/mol. The summed E-state index contributed by atoms with van der Waals surface area (Å²) in [4.78, 5) is 20.0. The van der Waals surface area contributed by atoms with Crippen molar-refractivity contribution in [3.8, 4) is 22.9 Å². The highest BCUT2D eigenvalue weighted by Gasteiger charge is 2.17. The van der Waals surface area contributed by atoms with Crippen LogP contribution in [0.3, 0.4) is 0 Å². The van der Waals surface area contributed by atoms with Crippen molar-refractivity contribution in [2.24, 2.45) is 0 Å². The molecule has 8 heteroatoms. The zero-order chi connectivity index (χ0) is 23.9. The van der Waals surface area contributed by atoms with E-state index in [0.29, 0.717) is 22.3 Å². The zero-order valence-corrected chi connectivity index (χ0v) is 19.8. The minimum absolute atomic E-state index is 0.132. The van der Waals surface area contributed by atoms with E-state index in [2.05, 4.69) is 61.0 Å². The van der Waals surface area contributed by atoms with E-state index in [0.717, 1.165) is 55.2 Å². The van der Waals surface area contributed by atoms with Gasteiger partial charge in [0.25, 0.3) is 0 Å². The lowest BCUT2D eigenvalue weighted by molar-refractivity contribution is 0.148. The third-order valence-electron chi connectivity index (χ3n) is 6.70. The van der Waals surface area contributed by atoms with Crippen LogP contribution in [0.4, 0.5) is 4.39 Å². The van der Waals surface area contributed by atoms with Gasteiger partial charge in [-0.05, 0) is 49.4 Å². The monoisotopic (exact) mass is 470 g/mol. The van der Waals surface area contributed by atoms with Crippen molar-refractivity contribution in [1.29, 1.82) is 0 Å². The molecule has 1 aliphatic heterocycles. The van der Waals surface area contributed by atoms with Crippen LogP contribution in [-0.4, -0.2) is 63.0 Å². The fourth-order valence-electron chi connectivity index (χ4n) is 4.68. The van der Waals surface area contributed by atoms with E-state index in [9.17, 15) is 0 Å². The molecule has 1 aliphatic rings. The lowest BCUT2D eigenvalue weighted by Gasteiger charge is -2.32. The molecule has 0 saturated carbocycles. The van der Waals surface area contributed by atoms with Gasteiger partial charge in [0.2, 0.25) is 5.88 Å². The van der Waals surface area contributed by atoms with Crippen LogP contribution in [0, 0.1) is 12.7 Å². The van der Waals surface area contributed by atoms with Crippen LogP contribution in [0.25, 0.3) is 33.2 Å². The summed E-state index contributed by atoms with van der Waals surface area (Å²) in [5.74, 6) is 0.0347. The van der Waals surface area contributed by atoms with Gasteiger partial charge in [-0.25, -0.2) is 14.4 Å². The molecule has 0 unspecified atom stereocenters. The summed E-state index contributed by atoms with van der Waals surface area (Å²) in [5.41, 5.74) is 5.53. The average molecular weight is 471 g/mol. The number of benzene rings is 2. The maximum Gasteiger partial charge on any atom is 0.231 e. The van der Waals surface area contributed by atoms with E-state index in [1.165, 1.54) is 11.9 Å². The number of likely N-dealkylation sites (N-methyl/N-ethyl adjacent to an activating group) is 1. The summed E-state index contributed by atoms with van der Waals surface area (Å²) in [7, 11) is 2.17. The van der Waals surface area contributed by atoms with Crippen LogP contribution in [0.5, 0.6) is 11.6 Å². The first-order valence-corrected chi connectivity index (χ1v) is 11.8. The van der Waals surface area contributed by atoms with Gasteiger partial charge in [0.05, 0.1) is 5.39 Å². The minimum atomic E-state index is -0.412. The summed E-state index contributed by atoms with van der Waals surface area (Å²) in [6.45, 7) is 7.27. The molecule has 0 bridgehead atoms. The maximum absolute atomic E-state index is 15.1. The van der Waals surface area contributed by atoms with Crippen LogP contribution >= 0.6 is 0 Å². The number of halogens is 1. The van der Waals surface area contributed by atoms with Gasteiger partial charge in [0, 0.05) is 55.0 Å². The molecule has 0 amide bonds. The van der Waals surface area contributed by atoms with Crippen molar-refractivity contribution < 1.29 is 9.13 Å². The van der Waals surface area contributed by atoms with Crippen LogP contribution in [0.15, 0.2) is 54.9 Å². The molecule has 1 saturated heterocycles. The first-order chi connectivity index (χ1) is 17.0. The molecule has 2 N–H and O–H groups in total. The van der Waals surface area contributed by atoms with Crippen LogP contribution in [0.2, 0.25) is 0 Å². The topological polar surface area (TPSA) is 73.1 Å². The van der Waals surface area contributed by atoms with Crippen molar-refractivity contribution in [2.75, 3.05) is 33.2 Å². The molecule has 7 nitrogen and oxygen atoms in total. The van der Waals surface area contributed by atoms with Crippen LogP contribution < -0.4 is 4.74 Å². The molecule has 35 heavy (non-hydrogen) atoms. The Morgan fingerprint density at radius 3 is 2.54 bits per heavy atom. The Morgan fingerprint density at radius 1 is 0.943 bits per heavy atom. The van der Waals surface area contributed by atoms with Crippen molar-refractivity contribution >= 4 is 21.9 Å². The zero-order valence-electron chi connectivity index (χ0n) is 19.8. The first kappa shape index (κ1) is 21.8. The fraction of sp³-hybridized carbons (Fsp3) is 0.259. The Hall–Kier alpha value is -3.75. The number of ether oxygens (including phenoxy) is 1. The number of nitrogens with one attached hydrogen (secondary N) is 2. The van der Waals surface area contributed by atoms with Crippen molar-refractivity contribution in [3.05, 3.63) is 71.9 Å². The Bertz CT molecular complexity index is 1500. The largest absolute Gasteiger partial charge is 0.435 e. The van der Waals surface area contributed by atoms with Crippen LogP contribution in [-0.2, 0) is 6.54 Å². The minimum Gasteiger partial charge on any atom is -0.435 e. The Kier molecular flexibility index (Phi) is 5.47. The van der Waals surface area contributed by atoms with E-state index in [-0.39, 0.29) is 5.75 Å². The highest BCUT2D eigenvalue weighted by atomic mass is 19.1. The smallest absolute Gasteiger partial charge is 0.231 e. The lowest BCUT2D eigenvalue weighted by atomic mass is 10.1. The molecule has 3 aromatic heterocycles. The molecule has 0 aliphatic carbocycles. The first-order valence-electron chi connectivity index (χ1n) is 11.8. The van der Waals surface area contributed by atoms with Crippen molar-refractivity contribution in [1.82, 2.24) is 29.7 Å². The Balaban J connectivity index is 1.25. The fourth-order valence-corrected chi connectivity index (χ4v) is 4.68. The molecule has 4 heterocycles. The molecule has 1 fully saturated rings. The number of aryl methyl sites for hydroxylation is 1. The summed E-state index contributed by atoms with van der Waals surface area (Å²) in [6.07, 6.45) is 1.42. The van der Waals surface area contributed by atoms with Gasteiger partial charge < -0.3 is 19.6 Å². The number of fused-ring (bicyclic) bond motifs is 2. The number of aromatic nitrogens is 4. The molecule has 0 atom stereocenters. The molecule has 6 rings (SSSR count). The summed E-state index contributed by atoms with van der Waals surface area (Å²) < 4.78 is 21.0. The van der Waals surface area contributed by atoms with Gasteiger partial charge in [0.1, 0.15) is 12.0 Å². The number of nitrogens with zero attached hydrogens (tertiary/aromatic N) is 4. The molecule has 0 radical (unpaired) electrons. The second-order valence-electron chi connectivity index (χ2n) is 9.29. The van der Waals surface area contributed by atoms with E-state index < -0.39 is 5.82 Å². The number of hydrogen-bond donors (Lipinski definition) is 2. The Morgan fingerprint density at radius 2 is 1.74 bits per heavy atom.